The first-order chi connectivity index (χ1) is 14.0. The minimum atomic E-state index is -0.00631. The van der Waals surface area contributed by atoms with Crippen LogP contribution in [-0.2, 0) is 0 Å². The van der Waals surface area contributed by atoms with E-state index in [1.807, 2.05) is 56.1 Å². The molecule has 0 saturated carbocycles. The van der Waals surface area contributed by atoms with Gasteiger partial charge in [0.05, 0.1) is 29.3 Å². The fraction of sp³-hybridized carbons (Fsp3) is 0.333. The average Bonchev–Trinajstić information content (AvgIpc) is 3.35. The van der Waals surface area contributed by atoms with Gasteiger partial charge >= 0.3 is 0 Å². The zero-order chi connectivity index (χ0) is 20.4. The molecule has 150 valence electrons. The average molecular weight is 409 g/mol. The van der Waals surface area contributed by atoms with E-state index in [2.05, 4.69) is 25.6 Å². The van der Waals surface area contributed by atoms with Crippen LogP contribution < -0.4 is 10.6 Å². The number of amides is 1. The molecule has 4 rings (SSSR count). The maximum absolute atomic E-state index is 13.1. The minimum Gasteiger partial charge on any atom is -0.365 e. The predicted octanol–water partition coefficient (Wildman–Crippen LogP) is 4.31. The Hall–Kier alpha value is -3.00. The molecule has 1 atom stereocenters. The maximum Gasteiger partial charge on any atom is 0.266 e. The normalized spacial score (nSPS) is 16.1. The number of carbonyl (C=O) groups is 1. The molecule has 1 aliphatic rings. The van der Waals surface area contributed by atoms with Gasteiger partial charge in [-0.3, -0.25) is 9.78 Å². The van der Waals surface area contributed by atoms with Crippen molar-refractivity contribution in [3.63, 3.8) is 0 Å². The summed E-state index contributed by atoms with van der Waals surface area (Å²) in [4.78, 5) is 29.3. The fourth-order valence-electron chi connectivity index (χ4n) is 3.59. The van der Waals surface area contributed by atoms with Crippen LogP contribution in [0, 0.1) is 13.8 Å². The van der Waals surface area contributed by atoms with E-state index in [1.54, 1.807) is 6.20 Å². The lowest BCUT2D eigenvalue weighted by Crippen LogP contribution is -2.30. The Morgan fingerprint density at radius 2 is 2.07 bits per heavy atom. The molecular weight excluding hydrogens is 384 g/mol. The third-order valence-electron chi connectivity index (χ3n) is 5.01. The van der Waals surface area contributed by atoms with Crippen molar-refractivity contribution >= 4 is 33.9 Å². The summed E-state index contributed by atoms with van der Waals surface area (Å²) in [7, 11) is 1.82. The number of nitrogens with zero attached hydrogens (tertiary/aromatic N) is 4. The number of anilines is 3. The smallest absolute Gasteiger partial charge is 0.266 e. The molecule has 4 heterocycles. The second-order valence-electron chi connectivity index (χ2n) is 7.10. The van der Waals surface area contributed by atoms with Crippen molar-refractivity contribution in [3.8, 4) is 0 Å². The standard InChI is InChI=1S/C21H24N6OS/c1-13-6-4-8-18(24-13)26-15-9-10-16(23-12-15)17-7-5-11-27(17)20(28)19-14(2)25-21(22-3)29-19/h4,6,8-10,12,17H,5,7,11H2,1-3H3,(H,22,25)(H,24,26)/t17-/m0/s1. The topological polar surface area (TPSA) is 83.0 Å². The molecule has 3 aromatic heterocycles. The number of rotatable bonds is 5. The second-order valence-corrected chi connectivity index (χ2v) is 8.10. The third-order valence-corrected chi connectivity index (χ3v) is 6.17. The summed E-state index contributed by atoms with van der Waals surface area (Å²) in [6.07, 6.45) is 3.70. The summed E-state index contributed by atoms with van der Waals surface area (Å²) >= 11 is 1.41. The molecule has 2 N–H and O–H groups in total. The van der Waals surface area contributed by atoms with Gasteiger partial charge in [0.15, 0.2) is 5.13 Å². The third kappa shape index (κ3) is 4.07. The number of aromatic nitrogens is 3. The van der Waals surface area contributed by atoms with E-state index in [9.17, 15) is 4.79 Å². The maximum atomic E-state index is 13.1. The number of thiazole rings is 1. The minimum absolute atomic E-state index is 0.00631. The van der Waals surface area contributed by atoms with E-state index in [4.69, 9.17) is 0 Å². The molecule has 0 bridgehead atoms. The zero-order valence-corrected chi connectivity index (χ0v) is 17.6. The molecule has 0 aliphatic carbocycles. The highest BCUT2D eigenvalue weighted by atomic mass is 32.1. The van der Waals surface area contributed by atoms with Crippen molar-refractivity contribution in [2.24, 2.45) is 0 Å². The molecule has 1 fully saturated rings. The quantitative estimate of drug-likeness (QED) is 0.654. The van der Waals surface area contributed by atoms with Crippen molar-refractivity contribution in [3.05, 3.63) is 58.5 Å². The van der Waals surface area contributed by atoms with Crippen molar-refractivity contribution in [1.29, 1.82) is 0 Å². The van der Waals surface area contributed by atoms with Crippen LogP contribution >= 0.6 is 11.3 Å². The molecule has 1 aliphatic heterocycles. The van der Waals surface area contributed by atoms with Gasteiger partial charge in [-0.05, 0) is 51.0 Å². The van der Waals surface area contributed by atoms with Gasteiger partial charge in [0.2, 0.25) is 0 Å². The van der Waals surface area contributed by atoms with Crippen LogP contribution in [0.3, 0.4) is 0 Å². The van der Waals surface area contributed by atoms with E-state index >= 15 is 0 Å². The van der Waals surface area contributed by atoms with Gasteiger partial charge < -0.3 is 15.5 Å². The Kier molecular flexibility index (Phi) is 5.44. The number of carbonyl (C=O) groups excluding carboxylic acids is 1. The van der Waals surface area contributed by atoms with E-state index in [1.165, 1.54) is 11.3 Å². The summed E-state index contributed by atoms with van der Waals surface area (Å²) in [5.41, 5.74) is 3.52. The molecule has 0 radical (unpaired) electrons. The van der Waals surface area contributed by atoms with Gasteiger partial charge in [0.25, 0.3) is 5.91 Å². The monoisotopic (exact) mass is 408 g/mol. The Morgan fingerprint density at radius 1 is 1.21 bits per heavy atom. The van der Waals surface area contributed by atoms with Crippen LogP contribution in [0.2, 0.25) is 0 Å². The lowest BCUT2D eigenvalue weighted by molar-refractivity contribution is 0.0737. The lowest BCUT2D eigenvalue weighted by Gasteiger charge is -2.24. The van der Waals surface area contributed by atoms with E-state index < -0.39 is 0 Å². The van der Waals surface area contributed by atoms with Gasteiger partial charge in [0, 0.05) is 19.3 Å². The largest absolute Gasteiger partial charge is 0.365 e. The molecular formula is C21H24N6OS. The van der Waals surface area contributed by atoms with Crippen LogP contribution in [0.4, 0.5) is 16.6 Å². The predicted molar refractivity (Wildman–Crippen MR) is 116 cm³/mol. The fourth-order valence-corrected chi connectivity index (χ4v) is 4.46. The van der Waals surface area contributed by atoms with Gasteiger partial charge in [0.1, 0.15) is 10.7 Å². The van der Waals surface area contributed by atoms with Crippen LogP contribution in [0.15, 0.2) is 36.5 Å². The second kappa shape index (κ2) is 8.16. The summed E-state index contributed by atoms with van der Waals surface area (Å²) in [5.74, 6) is 0.829. The summed E-state index contributed by atoms with van der Waals surface area (Å²) in [6.45, 7) is 4.58. The lowest BCUT2D eigenvalue weighted by atomic mass is 10.1. The Balaban J connectivity index is 1.51. The van der Waals surface area contributed by atoms with E-state index in [0.717, 1.165) is 53.1 Å². The Bertz CT molecular complexity index is 1020. The van der Waals surface area contributed by atoms with Gasteiger partial charge in [-0.25, -0.2) is 9.97 Å². The van der Waals surface area contributed by atoms with E-state index in [-0.39, 0.29) is 11.9 Å². The summed E-state index contributed by atoms with van der Waals surface area (Å²) in [6, 6.07) is 9.83. The van der Waals surface area contributed by atoms with Crippen LogP contribution in [0.25, 0.3) is 0 Å². The first kappa shape index (κ1) is 19.3. The number of aryl methyl sites for hydroxylation is 2. The van der Waals surface area contributed by atoms with E-state index in [0.29, 0.717) is 4.88 Å². The molecule has 3 aromatic rings. The molecule has 1 saturated heterocycles. The van der Waals surface area contributed by atoms with Crippen LogP contribution in [0.5, 0.6) is 0 Å². The summed E-state index contributed by atoms with van der Waals surface area (Å²) < 4.78 is 0. The summed E-state index contributed by atoms with van der Waals surface area (Å²) in [5, 5.41) is 7.05. The van der Waals surface area contributed by atoms with Crippen molar-refractivity contribution < 1.29 is 4.79 Å². The highest BCUT2D eigenvalue weighted by Gasteiger charge is 2.33. The molecule has 7 nitrogen and oxygen atoms in total. The van der Waals surface area contributed by atoms with Gasteiger partial charge in [-0.15, -0.1) is 0 Å². The number of likely N-dealkylation sites (tertiary alicyclic amines) is 1. The highest BCUT2D eigenvalue weighted by Crippen LogP contribution is 2.34. The molecule has 0 aromatic carbocycles. The SMILES string of the molecule is CNc1nc(C)c(C(=O)N2CCC[C@H]2c2ccc(Nc3cccc(C)n3)cn2)s1. The number of pyridine rings is 2. The number of hydrogen-bond acceptors (Lipinski definition) is 7. The van der Waals surface area contributed by atoms with Crippen molar-refractivity contribution in [1.82, 2.24) is 19.9 Å². The van der Waals surface area contributed by atoms with Crippen LogP contribution in [-0.4, -0.2) is 39.4 Å². The molecule has 0 unspecified atom stereocenters. The Morgan fingerprint density at radius 3 is 2.76 bits per heavy atom. The highest BCUT2D eigenvalue weighted by molar-refractivity contribution is 7.17. The number of hydrogen-bond donors (Lipinski definition) is 2. The molecule has 1 amide bonds. The van der Waals surface area contributed by atoms with Gasteiger partial charge in [-0.1, -0.05) is 17.4 Å². The number of nitrogens with one attached hydrogen (secondary N) is 2. The van der Waals surface area contributed by atoms with Crippen LogP contribution in [0.1, 0.15) is 45.6 Å². The zero-order valence-electron chi connectivity index (χ0n) is 16.8. The molecule has 0 spiro atoms. The molecule has 29 heavy (non-hydrogen) atoms. The van der Waals surface area contributed by atoms with Gasteiger partial charge in [-0.2, -0.15) is 0 Å². The molecule has 8 heteroatoms. The first-order valence-electron chi connectivity index (χ1n) is 9.68. The Labute approximate surface area is 174 Å². The first-order valence-corrected chi connectivity index (χ1v) is 10.5. The van der Waals surface area contributed by atoms with Crippen molar-refractivity contribution in [2.75, 3.05) is 24.2 Å². The van der Waals surface area contributed by atoms with Crippen molar-refractivity contribution in [2.45, 2.75) is 32.7 Å².